The van der Waals surface area contributed by atoms with Crippen LogP contribution >= 0.6 is 24.0 Å². The van der Waals surface area contributed by atoms with Gasteiger partial charge in [0.2, 0.25) is 5.91 Å². The smallest absolute Gasteiger partial charge is 0.416 e. The summed E-state index contributed by atoms with van der Waals surface area (Å²) < 4.78 is 50.8. The molecule has 0 atom stereocenters. The maximum Gasteiger partial charge on any atom is 0.416 e. The summed E-state index contributed by atoms with van der Waals surface area (Å²) >= 11 is 6.69. The van der Waals surface area contributed by atoms with Crippen molar-refractivity contribution in [2.45, 2.75) is 70.1 Å². The van der Waals surface area contributed by atoms with Crippen molar-refractivity contribution in [3.05, 3.63) is 58.5 Å². The highest BCUT2D eigenvalue weighted by atomic mass is 32.2. The number of halogens is 3. The van der Waals surface area contributed by atoms with Gasteiger partial charge in [0.1, 0.15) is 4.32 Å². The van der Waals surface area contributed by atoms with Crippen LogP contribution in [0.1, 0.15) is 68.9 Å². The van der Waals surface area contributed by atoms with Crippen molar-refractivity contribution in [1.29, 1.82) is 0 Å². The predicted molar refractivity (Wildman–Crippen MR) is 159 cm³/mol. The Bertz CT molecular complexity index is 1290. The molecule has 2 aliphatic rings. The van der Waals surface area contributed by atoms with Crippen LogP contribution in [0.5, 0.6) is 11.5 Å². The van der Waals surface area contributed by atoms with E-state index >= 15 is 0 Å². The number of carbonyl (C=O) groups excluding carboxylic acids is 2. The van der Waals surface area contributed by atoms with Gasteiger partial charge in [0.25, 0.3) is 5.91 Å². The number of rotatable bonds is 11. The summed E-state index contributed by atoms with van der Waals surface area (Å²) in [6.07, 6.45) is 5.19. The standard InChI is InChI=1S/C30H33F3N2O4S2/c1-38-25-17-20(14-15-24(25)39-23-11-4-2-5-12-23)18-26-28(37)35(29(40)41-26)16-7-3-6-13-27(36)34-22-10-8-9-21(19-22)30(31,32)33/h8-10,14-15,17-19,23H,2-7,11-13,16H2,1H3,(H,34,36)/b26-18-. The van der Waals surface area contributed by atoms with Gasteiger partial charge in [-0.2, -0.15) is 13.2 Å². The quantitative estimate of drug-likeness (QED) is 0.160. The fraction of sp³-hybridized carbons (Fsp3) is 0.433. The molecule has 1 heterocycles. The lowest BCUT2D eigenvalue weighted by molar-refractivity contribution is -0.137. The number of carbonyl (C=O) groups is 2. The van der Waals surface area contributed by atoms with E-state index in [0.29, 0.717) is 46.5 Å². The number of hydrogen-bond donors (Lipinski definition) is 1. The molecule has 2 aromatic carbocycles. The minimum absolute atomic E-state index is 0.109. The lowest BCUT2D eigenvalue weighted by Crippen LogP contribution is -2.29. The largest absolute Gasteiger partial charge is 0.493 e. The van der Waals surface area contributed by atoms with Gasteiger partial charge >= 0.3 is 6.18 Å². The molecular weight excluding hydrogens is 573 g/mol. The molecule has 1 aliphatic carbocycles. The van der Waals surface area contributed by atoms with Gasteiger partial charge in [-0.05, 0) is 80.5 Å². The number of benzene rings is 2. The van der Waals surface area contributed by atoms with E-state index in [0.717, 1.165) is 30.5 Å². The molecule has 220 valence electrons. The molecule has 2 fully saturated rings. The van der Waals surface area contributed by atoms with Crippen LogP contribution in [0, 0.1) is 0 Å². The van der Waals surface area contributed by atoms with Gasteiger partial charge in [0.05, 0.1) is 23.7 Å². The molecule has 0 radical (unpaired) electrons. The molecule has 0 aromatic heterocycles. The number of ether oxygens (including phenoxy) is 2. The number of alkyl halides is 3. The molecule has 2 amide bonds. The van der Waals surface area contributed by atoms with E-state index < -0.39 is 11.7 Å². The Morgan fingerprint density at radius 3 is 2.61 bits per heavy atom. The SMILES string of the molecule is COc1cc(/C=C2\SC(=S)N(CCCCCC(=O)Nc3cccc(C(F)(F)F)c3)C2=O)ccc1OC1CCCCC1. The summed E-state index contributed by atoms with van der Waals surface area (Å²) in [6, 6.07) is 10.2. The van der Waals surface area contributed by atoms with Crippen molar-refractivity contribution in [2.75, 3.05) is 19.0 Å². The van der Waals surface area contributed by atoms with E-state index in [2.05, 4.69) is 5.32 Å². The predicted octanol–water partition coefficient (Wildman–Crippen LogP) is 7.83. The van der Waals surface area contributed by atoms with Crippen LogP contribution in [0.3, 0.4) is 0 Å². The molecule has 0 bridgehead atoms. The van der Waals surface area contributed by atoms with Crippen molar-refractivity contribution in [3.8, 4) is 11.5 Å². The first-order valence-corrected chi connectivity index (χ1v) is 14.9. The normalized spacial score (nSPS) is 17.3. The fourth-order valence-corrected chi connectivity index (χ4v) is 6.12. The van der Waals surface area contributed by atoms with E-state index in [1.54, 1.807) is 18.1 Å². The Morgan fingerprint density at radius 1 is 1.10 bits per heavy atom. The van der Waals surface area contributed by atoms with E-state index in [9.17, 15) is 22.8 Å². The minimum atomic E-state index is -4.47. The van der Waals surface area contributed by atoms with E-state index in [-0.39, 0.29) is 30.0 Å². The summed E-state index contributed by atoms with van der Waals surface area (Å²) in [6.45, 7) is 0.425. The number of methoxy groups -OCH3 is 1. The highest BCUT2D eigenvalue weighted by Gasteiger charge is 2.32. The number of unbranched alkanes of at least 4 members (excludes halogenated alkanes) is 2. The summed E-state index contributed by atoms with van der Waals surface area (Å²) in [5.41, 5.74) is 0.107. The number of thioether (sulfide) groups is 1. The number of nitrogens with zero attached hydrogens (tertiary/aromatic N) is 1. The maximum absolute atomic E-state index is 13.0. The fourth-order valence-electron chi connectivity index (χ4n) is 4.81. The topological polar surface area (TPSA) is 67.9 Å². The van der Waals surface area contributed by atoms with Gasteiger partial charge in [-0.3, -0.25) is 14.5 Å². The monoisotopic (exact) mass is 606 g/mol. The van der Waals surface area contributed by atoms with Gasteiger partial charge in [-0.1, -0.05) is 49.0 Å². The zero-order valence-corrected chi connectivity index (χ0v) is 24.4. The first-order chi connectivity index (χ1) is 19.6. The molecule has 6 nitrogen and oxygen atoms in total. The van der Waals surface area contributed by atoms with Gasteiger partial charge in [0, 0.05) is 18.7 Å². The lowest BCUT2D eigenvalue weighted by atomic mass is 9.98. The van der Waals surface area contributed by atoms with Crippen molar-refractivity contribution < 1.29 is 32.2 Å². The zero-order chi connectivity index (χ0) is 29.4. The average Bonchev–Trinajstić information content (AvgIpc) is 3.21. The van der Waals surface area contributed by atoms with Crippen LogP contribution in [-0.2, 0) is 15.8 Å². The van der Waals surface area contributed by atoms with Crippen LogP contribution in [0.25, 0.3) is 6.08 Å². The summed E-state index contributed by atoms with van der Waals surface area (Å²) in [5, 5.41) is 2.51. The maximum atomic E-state index is 13.0. The molecule has 4 rings (SSSR count). The highest BCUT2D eigenvalue weighted by Crippen LogP contribution is 2.36. The molecule has 2 aromatic rings. The third kappa shape index (κ3) is 8.72. The van der Waals surface area contributed by atoms with Crippen LogP contribution in [0.4, 0.5) is 18.9 Å². The number of hydrogen-bond acceptors (Lipinski definition) is 6. The summed E-state index contributed by atoms with van der Waals surface area (Å²) in [4.78, 5) is 27.3. The second-order valence-corrected chi connectivity index (χ2v) is 11.7. The molecule has 0 spiro atoms. The molecule has 1 saturated carbocycles. The molecule has 11 heteroatoms. The van der Waals surface area contributed by atoms with Crippen molar-refractivity contribution in [3.63, 3.8) is 0 Å². The second-order valence-electron chi connectivity index (χ2n) is 10.1. The Labute approximate surface area is 247 Å². The third-order valence-electron chi connectivity index (χ3n) is 6.96. The first-order valence-electron chi connectivity index (χ1n) is 13.7. The van der Waals surface area contributed by atoms with Crippen LogP contribution in [-0.4, -0.2) is 40.8 Å². The number of thiocarbonyl (C=S) groups is 1. The van der Waals surface area contributed by atoms with E-state index in [1.807, 2.05) is 18.2 Å². The van der Waals surface area contributed by atoms with Gasteiger partial charge in [-0.15, -0.1) is 0 Å². The van der Waals surface area contributed by atoms with Gasteiger partial charge < -0.3 is 14.8 Å². The number of anilines is 1. The number of nitrogens with one attached hydrogen (secondary N) is 1. The average molecular weight is 607 g/mol. The zero-order valence-electron chi connectivity index (χ0n) is 22.8. The molecule has 0 unspecified atom stereocenters. The summed E-state index contributed by atoms with van der Waals surface area (Å²) in [7, 11) is 1.60. The molecule has 41 heavy (non-hydrogen) atoms. The van der Waals surface area contributed by atoms with E-state index in [1.165, 1.54) is 43.2 Å². The Morgan fingerprint density at radius 2 is 1.88 bits per heavy atom. The van der Waals surface area contributed by atoms with Gasteiger partial charge in [0.15, 0.2) is 11.5 Å². The summed E-state index contributed by atoms with van der Waals surface area (Å²) in [5.74, 6) is 0.803. The molecular formula is C30H33F3N2O4S2. The Balaban J connectivity index is 1.24. The number of amides is 2. The molecule has 1 N–H and O–H groups in total. The van der Waals surface area contributed by atoms with Crippen molar-refractivity contribution >= 4 is 51.9 Å². The van der Waals surface area contributed by atoms with Crippen LogP contribution < -0.4 is 14.8 Å². The molecule has 1 aliphatic heterocycles. The van der Waals surface area contributed by atoms with Crippen LogP contribution in [0.15, 0.2) is 47.4 Å². The van der Waals surface area contributed by atoms with Crippen molar-refractivity contribution in [1.82, 2.24) is 4.90 Å². The lowest BCUT2D eigenvalue weighted by Gasteiger charge is -2.24. The first kappa shape index (κ1) is 30.9. The van der Waals surface area contributed by atoms with E-state index in [4.69, 9.17) is 21.7 Å². The third-order valence-corrected chi connectivity index (χ3v) is 8.34. The van der Waals surface area contributed by atoms with Crippen molar-refractivity contribution in [2.24, 2.45) is 0 Å². The highest BCUT2D eigenvalue weighted by molar-refractivity contribution is 8.26. The van der Waals surface area contributed by atoms with Gasteiger partial charge in [-0.25, -0.2) is 0 Å². The van der Waals surface area contributed by atoms with Crippen LogP contribution in [0.2, 0.25) is 0 Å². The minimum Gasteiger partial charge on any atom is -0.493 e. The molecule has 1 saturated heterocycles. The Kier molecular flexibility index (Phi) is 10.7. The second kappa shape index (κ2) is 14.2. The Hall–Kier alpha value is -3.05.